The fourth-order valence-electron chi connectivity index (χ4n) is 2.29. The van der Waals surface area contributed by atoms with Gasteiger partial charge in [0.2, 0.25) is 0 Å². The summed E-state index contributed by atoms with van der Waals surface area (Å²) in [5.41, 5.74) is -0.505. The molecule has 2 nitrogen and oxygen atoms in total. The third-order valence-electron chi connectivity index (χ3n) is 3.40. The Kier molecular flexibility index (Phi) is 4.15. The SMILES string of the molecule is O=C(c1cc(F)c(F)c(F)c1)N1CCCC(C(F)(F)F)C1. The molecule has 1 aliphatic heterocycles. The second kappa shape index (κ2) is 5.57. The minimum absolute atomic E-state index is 0.0615. The summed E-state index contributed by atoms with van der Waals surface area (Å²) in [7, 11) is 0. The largest absolute Gasteiger partial charge is 0.393 e. The zero-order chi connectivity index (χ0) is 15.8. The monoisotopic (exact) mass is 311 g/mol. The van der Waals surface area contributed by atoms with E-state index in [1.54, 1.807) is 0 Å². The molecule has 1 unspecified atom stereocenters. The lowest BCUT2D eigenvalue weighted by Crippen LogP contribution is -2.44. The fraction of sp³-hybridized carbons (Fsp3) is 0.462. The van der Waals surface area contributed by atoms with Crippen LogP contribution >= 0.6 is 0 Å². The van der Waals surface area contributed by atoms with Gasteiger partial charge >= 0.3 is 6.18 Å². The van der Waals surface area contributed by atoms with Gasteiger partial charge in [0.1, 0.15) is 0 Å². The van der Waals surface area contributed by atoms with Gasteiger partial charge < -0.3 is 4.90 Å². The van der Waals surface area contributed by atoms with E-state index in [9.17, 15) is 31.1 Å². The van der Waals surface area contributed by atoms with Crippen LogP contribution in [0.4, 0.5) is 26.3 Å². The van der Waals surface area contributed by atoms with Crippen molar-refractivity contribution in [3.05, 3.63) is 35.1 Å². The molecule has 1 aliphatic rings. The number of halogens is 6. The zero-order valence-corrected chi connectivity index (χ0v) is 10.7. The highest BCUT2D eigenvalue weighted by atomic mass is 19.4. The molecule has 0 aliphatic carbocycles. The van der Waals surface area contributed by atoms with E-state index >= 15 is 0 Å². The number of hydrogen-bond donors (Lipinski definition) is 0. The number of alkyl halides is 3. The van der Waals surface area contributed by atoms with E-state index in [1.807, 2.05) is 0 Å². The third-order valence-corrected chi connectivity index (χ3v) is 3.40. The molecule has 1 heterocycles. The molecular weight excluding hydrogens is 300 g/mol. The van der Waals surface area contributed by atoms with Crippen molar-refractivity contribution < 1.29 is 31.1 Å². The summed E-state index contributed by atoms with van der Waals surface area (Å²) in [6.45, 7) is -0.505. The molecule has 1 aromatic carbocycles. The van der Waals surface area contributed by atoms with Crippen molar-refractivity contribution in [1.29, 1.82) is 0 Å². The molecule has 0 aromatic heterocycles. The molecule has 21 heavy (non-hydrogen) atoms. The summed E-state index contributed by atoms with van der Waals surface area (Å²) < 4.78 is 76.9. The Balaban J connectivity index is 2.20. The molecule has 1 atom stereocenters. The van der Waals surface area contributed by atoms with Crippen LogP contribution in [0.25, 0.3) is 0 Å². The molecular formula is C13H11F6NO. The number of rotatable bonds is 1. The van der Waals surface area contributed by atoms with Gasteiger partial charge in [-0.25, -0.2) is 13.2 Å². The smallest absolute Gasteiger partial charge is 0.338 e. The Morgan fingerprint density at radius 1 is 1.14 bits per heavy atom. The van der Waals surface area contributed by atoms with E-state index in [1.165, 1.54) is 0 Å². The van der Waals surface area contributed by atoms with Gasteiger partial charge in [-0.15, -0.1) is 0 Å². The predicted molar refractivity (Wildman–Crippen MR) is 61.0 cm³/mol. The number of likely N-dealkylation sites (tertiary alicyclic amines) is 1. The molecule has 8 heteroatoms. The third kappa shape index (κ3) is 3.30. The first-order valence-corrected chi connectivity index (χ1v) is 6.20. The number of piperidine rings is 1. The van der Waals surface area contributed by atoms with E-state index in [0.717, 1.165) is 4.90 Å². The van der Waals surface area contributed by atoms with Gasteiger partial charge in [-0.1, -0.05) is 0 Å². The van der Waals surface area contributed by atoms with Crippen LogP contribution in [-0.2, 0) is 0 Å². The van der Waals surface area contributed by atoms with Crippen LogP contribution < -0.4 is 0 Å². The van der Waals surface area contributed by atoms with Crippen LogP contribution in [0.1, 0.15) is 23.2 Å². The van der Waals surface area contributed by atoms with Crippen molar-refractivity contribution in [1.82, 2.24) is 4.90 Å². The maximum absolute atomic E-state index is 13.1. The Morgan fingerprint density at radius 2 is 1.71 bits per heavy atom. The van der Waals surface area contributed by atoms with Crippen molar-refractivity contribution in [2.24, 2.45) is 5.92 Å². The molecule has 0 radical (unpaired) electrons. The first-order chi connectivity index (χ1) is 9.70. The summed E-state index contributed by atoms with van der Waals surface area (Å²) in [5, 5.41) is 0. The number of carbonyl (C=O) groups excluding carboxylic acids is 1. The van der Waals surface area contributed by atoms with Gasteiger partial charge in [0.25, 0.3) is 5.91 Å². The molecule has 0 bridgehead atoms. The summed E-state index contributed by atoms with van der Waals surface area (Å²) in [5.74, 6) is -7.43. The quantitative estimate of drug-likeness (QED) is 0.574. The van der Waals surface area contributed by atoms with Crippen LogP contribution in [0.15, 0.2) is 12.1 Å². The number of benzene rings is 1. The Hall–Kier alpha value is -1.73. The molecule has 1 fully saturated rings. The van der Waals surface area contributed by atoms with Crippen LogP contribution in [-0.4, -0.2) is 30.1 Å². The number of amides is 1. The van der Waals surface area contributed by atoms with E-state index < -0.39 is 47.6 Å². The summed E-state index contributed by atoms with van der Waals surface area (Å²) in [4.78, 5) is 12.9. The highest BCUT2D eigenvalue weighted by Crippen LogP contribution is 2.33. The molecule has 2 rings (SSSR count). The Labute approximate surface area is 116 Å². The van der Waals surface area contributed by atoms with Gasteiger partial charge in [0.05, 0.1) is 5.92 Å². The van der Waals surface area contributed by atoms with Crippen molar-refractivity contribution in [3.63, 3.8) is 0 Å². The first kappa shape index (κ1) is 15.7. The minimum atomic E-state index is -4.43. The normalized spacial score (nSPS) is 19.7. The van der Waals surface area contributed by atoms with Crippen molar-refractivity contribution >= 4 is 5.91 Å². The molecule has 1 saturated heterocycles. The molecule has 1 amide bonds. The number of carbonyl (C=O) groups is 1. The second-order valence-corrected chi connectivity index (χ2v) is 4.89. The van der Waals surface area contributed by atoms with Crippen molar-refractivity contribution in [2.75, 3.05) is 13.1 Å². The van der Waals surface area contributed by atoms with Crippen LogP contribution in [0.2, 0.25) is 0 Å². The van der Waals surface area contributed by atoms with Gasteiger partial charge in [-0.05, 0) is 25.0 Å². The topological polar surface area (TPSA) is 20.3 Å². The van der Waals surface area contributed by atoms with E-state index in [4.69, 9.17) is 0 Å². The average Bonchev–Trinajstić information content (AvgIpc) is 2.42. The molecule has 0 saturated carbocycles. The lowest BCUT2D eigenvalue weighted by atomic mass is 9.97. The maximum atomic E-state index is 13.1. The van der Waals surface area contributed by atoms with Gasteiger partial charge in [-0.2, -0.15) is 13.2 Å². The second-order valence-electron chi connectivity index (χ2n) is 4.89. The van der Waals surface area contributed by atoms with Crippen LogP contribution in [0.5, 0.6) is 0 Å². The van der Waals surface area contributed by atoms with Crippen molar-refractivity contribution in [2.45, 2.75) is 19.0 Å². The zero-order valence-electron chi connectivity index (χ0n) is 10.7. The highest BCUT2D eigenvalue weighted by Gasteiger charge is 2.42. The lowest BCUT2D eigenvalue weighted by Gasteiger charge is -2.33. The van der Waals surface area contributed by atoms with E-state index in [0.29, 0.717) is 12.1 Å². The fourth-order valence-corrected chi connectivity index (χ4v) is 2.29. The minimum Gasteiger partial charge on any atom is -0.338 e. The molecule has 116 valence electrons. The van der Waals surface area contributed by atoms with Gasteiger partial charge in [-0.3, -0.25) is 4.79 Å². The molecule has 0 N–H and O–H groups in total. The highest BCUT2D eigenvalue weighted by molar-refractivity contribution is 5.94. The van der Waals surface area contributed by atoms with Gasteiger partial charge in [0.15, 0.2) is 17.5 Å². The van der Waals surface area contributed by atoms with Crippen LogP contribution in [0.3, 0.4) is 0 Å². The first-order valence-electron chi connectivity index (χ1n) is 6.20. The van der Waals surface area contributed by atoms with Crippen molar-refractivity contribution in [3.8, 4) is 0 Å². The summed E-state index contributed by atoms with van der Waals surface area (Å²) in [6.07, 6.45) is -4.39. The standard InChI is InChI=1S/C13H11F6NO/c14-9-4-7(5-10(15)11(9)16)12(21)20-3-1-2-8(6-20)13(17,18)19/h4-5,8H,1-3,6H2. The number of hydrogen-bond acceptors (Lipinski definition) is 1. The number of nitrogens with zero attached hydrogens (tertiary/aromatic N) is 1. The Morgan fingerprint density at radius 3 is 2.24 bits per heavy atom. The van der Waals surface area contributed by atoms with Crippen LogP contribution in [0, 0.1) is 23.4 Å². The summed E-state index contributed by atoms with van der Waals surface area (Å²) >= 11 is 0. The van der Waals surface area contributed by atoms with Gasteiger partial charge in [0, 0.05) is 18.7 Å². The van der Waals surface area contributed by atoms with E-state index in [2.05, 4.69) is 0 Å². The lowest BCUT2D eigenvalue weighted by molar-refractivity contribution is -0.184. The Bertz CT molecular complexity index is 533. The predicted octanol–water partition coefficient (Wildman–Crippen LogP) is 3.52. The maximum Gasteiger partial charge on any atom is 0.393 e. The average molecular weight is 311 g/mol. The summed E-state index contributed by atoms with van der Waals surface area (Å²) in [6, 6.07) is 0.968. The molecule has 0 spiro atoms. The molecule has 1 aromatic rings. The van der Waals surface area contributed by atoms with E-state index in [-0.39, 0.29) is 19.4 Å².